The lowest BCUT2D eigenvalue weighted by atomic mass is 9.70. The second-order valence-electron chi connectivity index (χ2n) is 6.31. The van der Waals surface area contributed by atoms with Crippen molar-refractivity contribution in [3.63, 3.8) is 0 Å². The number of benzene rings is 2. The summed E-state index contributed by atoms with van der Waals surface area (Å²) >= 11 is 0. The monoisotopic (exact) mass is 338 g/mol. The number of hydrogen-bond acceptors (Lipinski definition) is 3. The molecule has 5 rings (SSSR count). The summed E-state index contributed by atoms with van der Waals surface area (Å²) in [5.41, 5.74) is 4.44. The zero-order valence-corrected chi connectivity index (χ0v) is 14.1. The molecule has 5 heteroatoms. The van der Waals surface area contributed by atoms with E-state index in [9.17, 15) is 8.42 Å². The average Bonchev–Trinajstić information content (AvgIpc) is 2.61. The van der Waals surface area contributed by atoms with Crippen LogP contribution in [0.1, 0.15) is 34.9 Å². The minimum absolute atomic E-state index is 0.0620. The molecule has 0 saturated carbocycles. The molecule has 24 heavy (non-hydrogen) atoms. The Balaban J connectivity index is 1.62. The summed E-state index contributed by atoms with van der Waals surface area (Å²) in [6.45, 7) is 1.92. The number of fused-ring (bicyclic) bond motifs is 1. The van der Waals surface area contributed by atoms with Gasteiger partial charge in [-0.2, -0.15) is 13.5 Å². The Morgan fingerprint density at radius 2 is 1.71 bits per heavy atom. The van der Waals surface area contributed by atoms with E-state index < -0.39 is 10.0 Å². The van der Waals surface area contributed by atoms with E-state index in [2.05, 4.69) is 34.2 Å². The zero-order valence-electron chi connectivity index (χ0n) is 13.3. The highest BCUT2D eigenvalue weighted by Crippen LogP contribution is 2.43. The molecule has 0 aliphatic heterocycles. The van der Waals surface area contributed by atoms with Gasteiger partial charge in [0.05, 0.1) is 10.6 Å². The van der Waals surface area contributed by atoms with E-state index >= 15 is 0 Å². The van der Waals surface area contributed by atoms with E-state index in [4.69, 9.17) is 0 Å². The normalized spacial score (nSPS) is 23.3. The van der Waals surface area contributed by atoms with Gasteiger partial charge in [0.15, 0.2) is 0 Å². The molecule has 3 aliphatic rings. The van der Waals surface area contributed by atoms with E-state index in [1.165, 1.54) is 11.1 Å². The molecule has 0 saturated heterocycles. The van der Waals surface area contributed by atoms with Gasteiger partial charge in [0, 0.05) is 11.8 Å². The highest BCUT2D eigenvalue weighted by atomic mass is 32.2. The van der Waals surface area contributed by atoms with E-state index in [0.717, 1.165) is 17.7 Å². The number of rotatable bonds is 3. The fourth-order valence-electron chi connectivity index (χ4n) is 3.41. The molecule has 0 radical (unpaired) electrons. The maximum atomic E-state index is 12.4. The topological polar surface area (TPSA) is 58.5 Å². The molecule has 1 N–H and O–H groups in total. The van der Waals surface area contributed by atoms with Gasteiger partial charge in [-0.25, -0.2) is 4.83 Å². The Morgan fingerprint density at radius 3 is 2.46 bits per heavy atom. The summed E-state index contributed by atoms with van der Waals surface area (Å²) in [4.78, 5) is 2.64. The van der Waals surface area contributed by atoms with E-state index in [1.807, 2.05) is 19.1 Å². The van der Waals surface area contributed by atoms with Crippen LogP contribution in [-0.4, -0.2) is 14.1 Å². The van der Waals surface area contributed by atoms with Gasteiger partial charge in [0.2, 0.25) is 0 Å². The maximum absolute atomic E-state index is 12.4. The van der Waals surface area contributed by atoms with Crippen LogP contribution in [0, 0.1) is 6.92 Å². The first kappa shape index (κ1) is 15.1. The standard InChI is InChI=1S/C19H18N2O2S/c1-13-6-9-15(10-7-13)24(22,23)21-20-19-12-14-8-11-18(19)17-5-3-2-4-16(14)17/h2-11,14,18,21H,12H2,1H3/b20-19+. The van der Waals surface area contributed by atoms with Crippen molar-refractivity contribution in [2.75, 3.05) is 0 Å². The Hall–Kier alpha value is -2.40. The predicted molar refractivity (Wildman–Crippen MR) is 94.6 cm³/mol. The molecule has 122 valence electrons. The molecule has 0 heterocycles. The third-order valence-corrected chi connectivity index (χ3v) is 5.92. The van der Waals surface area contributed by atoms with Crippen molar-refractivity contribution in [1.29, 1.82) is 0 Å². The van der Waals surface area contributed by atoms with E-state index in [-0.39, 0.29) is 16.7 Å². The molecule has 4 nitrogen and oxygen atoms in total. The van der Waals surface area contributed by atoms with Crippen LogP contribution in [0.15, 0.2) is 70.7 Å². The molecule has 0 fully saturated rings. The maximum Gasteiger partial charge on any atom is 0.276 e. The van der Waals surface area contributed by atoms with Crippen LogP contribution in [0.4, 0.5) is 0 Å². The second-order valence-corrected chi connectivity index (χ2v) is 7.97. The number of hydrazone groups is 1. The van der Waals surface area contributed by atoms with Crippen LogP contribution in [0.3, 0.4) is 0 Å². The highest BCUT2D eigenvalue weighted by molar-refractivity contribution is 7.89. The number of allylic oxidation sites excluding steroid dienone is 2. The lowest BCUT2D eigenvalue weighted by Gasteiger charge is -2.34. The Morgan fingerprint density at radius 1 is 1.00 bits per heavy atom. The fourth-order valence-corrected chi connectivity index (χ4v) is 4.25. The lowest BCUT2D eigenvalue weighted by molar-refractivity contribution is 0.583. The zero-order chi connectivity index (χ0) is 16.7. The number of nitrogens with one attached hydrogen (secondary N) is 1. The summed E-state index contributed by atoms with van der Waals surface area (Å²) in [5, 5.41) is 4.26. The lowest BCUT2D eigenvalue weighted by Crippen LogP contribution is -2.29. The van der Waals surface area contributed by atoms with Crippen molar-refractivity contribution in [1.82, 2.24) is 4.83 Å². The van der Waals surface area contributed by atoms with Crippen molar-refractivity contribution < 1.29 is 8.42 Å². The first-order valence-electron chi connectivity index (χ1n) is 7.97. The quantitative estimate of drug-likeness (QED) is 0.688. The van der Waals surface area contributed by atoms with Crippen molar-refractivity contribution in [2.45, 2.75) is 30.1 Å². The molecule has 0 spiro atoms. The molecule has 0 amide bonds. The molecule has 2 aromatic carbocycles. The van der Waals surface area contributed by atoms with Crippen molar-refractivity contribution >= 4 is 15.7 Å². The fraction of sp³-hybridized carbons (Fsp3) is 0.211. The van der Waals surface area contributed by atoms with Crippen LogP contribution < -0.4 is 4.83 Å². The molecule has 2 atom stereocenters. The largest absolute Gasteiger partial charge is 0.276 e. The van der Waals surface area contributed by atoms with Crippen LogP contribution in [0.5, 0.6) is 0 Å². The van der Waals surface area contributed by atoms with Gasteiger partial charge in [0.25, 0.3) is 10.0 Å². The van der Waals surface area contributed by atoms with Gasteiger partial charge in [-0.3, -0.25) is 0 Å². The molecule has 2 unspecified atom stereocenters. The first-order valence-corrected chi connectivity index (χ1v) is 9.45. The molecule has 3 aliphatic carbocycles. The summed E-state index contributed by atoms with van der Waals surface area (Å²) in [6.07, 6.45) is 5.07. The van der Waals surface area contributed by atoms with Crippen molar-refractivity contribution in [3.8, 4) is 0 Å². The van der Waals surface area contributed by atoms with Gasteiger partial charge in [0.1, 0.15) is 0 Å². The summed E-state index contributed by atoms with van der Waals surface area (Å²) in [6, 6.07) is 15.1. The van der Waals surface area contributed by atoms with Crippen molar-refractivity contribution in [3.05, 3.63) is 77.4 Å². The van der Waals surface area contributed by atoms with Crippen LogP contribution >= 0.6 is 0 Å². The smallest absolute Gasteiger partial charge is 0.200 e. The number of sulfonamides is 1. The van der Waals surface area contributed by atoms with Crippen LogP contribution in [0.25, 0.3) is 0 Å². The summed E-state index contributed by atoms with van der Waals surface area (Å²) in [7, 11) is -3.63. The minimum Gasteiger partial charge on any atom is -0.200 e. The van der Waals surface area contributed by atoms with Gasteiger partial charge in [-0.15, -0.1) is 0 Å². The Kier molecular flexibility index (Phi) is 3.53. The minimum atomic E-state index is -3.63. The van der Waals surface area contributed by atoms with E-state index in [0.29, 0.717) is 0 Å². The van der Waals surface area contributed by atoms with Crippen LogP contribution in [0.2, 0.25) is 0 Å². The van der Waals surface area contributed by atoms with E-state index in [1.54, 1.807) is 24.3 Å². The molecule has 2 aromatic rings. The van der Waals surface area contributed by atoms with Crippen LogP contribution in [-0.2, 0) is 10.0 Å². The third-order valence-electron chi connectivity index (χ3n) is 4.70. The van der Waals surface area contributed by atoms with Gasteiger partial charge < -0.3 is 0 Å². The summed E-state index contributed by atoms with van der Waals surface area (Å²) in [5.74, 6) is 0.348. The molecule has 0 aromatic heterocycles. The number of hydrogen-bond donors (Lipinski definition) is 1. The predicted octanol–water partition coefficient (Wildman–Crippen LogP) is 3.47. The molecule has 2 bridgehead atoms. The molecular formula is C19H18N2O2S. The third kappa shape index (κ3) is 2.55. The Labute approximate surface area is 142 Å². The Bertz CT molecular complexity index is 944. The first-order chi connectivity index (χ1) is 11.5. The summed E-state index contributed by atoms with van der Waals surface area (Å²) < 4.78 is 24.8. The SMILES string of the molecule is Cc1ccc(S(=O)(=O)N/N=C2\CC3C=CC2c2ccccc23)cc1. The number of aryl methyl sites for hydroxylation is 1. The van der Waals surface area contributed by atoms with Gasteiger partial charge in [-0.1, -0.05) is 54.1 Å². The van der Waals surface area contributed by atoms with Crippen molar-refractivity contribution in [2.24, 2.45) is 5.10 Å². The second kappa shape index (κ2) is 5.60. The number of nitrogens with zero attached hydrogens (tertiary/aromatic N) is 1. The van der Waals surface area contributed by atoms with Gasteiger partial charge in [-0.05, 0) is 36.6 Å². The molecular weight excluding hydrogens is 320 g/mol. The highest BCUT2D eigenvalue weighted by Gasteiger charge is 2.33. The average molecular weight is 338 g/mol. The van der Waals surface area contributed by atoms with Gasteiger partial charge >= 0.3 is 0 Å².